The summed E-state index contributed by atoms with van der Waals surface area (Å²) in [6, 6.07) is 0.866. The highest BCUT2D eigenvalue weighted by Gasteiger charge is 2.27. The van der Waals surface area contributed by atoms with E-state index in [9.17, 15) is 4.79 Å². The van der Waals surface area contributed by atoms with Gasteiger partial charge in [0, 0.05) is 32.2 Å². The van der Waals surface area contributed by atoms with E-state index in [-0.39, 0.29) is 6.03 Å². The highest BCUT2D eigenvalue weighted by Crippen LogP contribution is 2.19. The van der Waals surface area contributed by atoms with Crippen LogP contribution < -0.4 is 5.32 Å². The number of nitrogens with one attached hydrogen (secondary N) is 1. The van der Waals surface area contributed by atoms with Gasteiger partial charge in [0.1, 0.15) is 0 Å². The summed E-state index contributed by atoms with van der Waals surface area (Å²) in [7, 11) is 2.01. The number of carbonyl (C=O) groups is 1. The van der Waals surface area contributed by atoms with Gasteiger partial charge >= 0.3 is 6.03 Å². The molecule has 0 aliphatic carbocycles. The molecule has 4 heteroatoms. The quantitative estimate of drug-likeness (QED) is 0.753. The van der Waals surface area contributed by atoms with Gasteiger partial charge in [-0.05, 0) is 38.6 Å². The summed E-state index contributed by atoms with van der Waals surface area (Å²) in [6.07, 6.45) is 4.61. The lowest BCUT2D eigenvalue weighted by Gasteiger charge is -2.38. The van der Waals surface area contributed by atoms with Gasteiger partial charge in [0.25, 0.3) is 0 Å². The van der Waals surface area contributed by atoms with Crippen molar-refractivity contribution in [3.8, 4) is 0 Å². The normalized spacial score (nSPS) is 27.3. The SMILES string of the molecule is CNC1CCN(C(=O)N2CCCC(C)C2)CC1. The fraction of sp³-hybridized carbons (Fsp3) is 0.923. The summed E-state index contributed by atoms with van der Waals surface area (Å²) >= 11 is 0. The van der Waals surface area contributed by atoms with E-state index in [4.69, 9.17) is 0 Å². The molecule has 0 spiro atoms. The van der Waals surface area contributed by atoms with Gasteiger partial charge in [0.2, 0.25) is 0 Å². The molecule has 0 aromatic heterocycles. The Morgan fingerprint density at radius 1 is 1.12 bits per heavy atom. The third-order valence-corrected chi connectivity index (χ3v) is 4.10. The molecule has 0 radical (unpaired) electrons. The minimum atomic E-state index is 0.270. The number of piperidine rings is 2. The van der Waals surface area contributed by atoms with Crippen LogP contribution in [0, 0.1) is 5.92 Å². The molecule has 17 heavy (non-hydrogen) atoms. The molecule has 0 saturated carbocycles. The van der Waals surface area contributed by atoms with Crippen molar-refractivity contribution >= 4 is 6.03 Å². The van der Waals surface area contributed by atoms with E-state index in [1.807, 2.05) is 16.8 Å². The Balaban J connectivity index is 1.83. The van der Waals surface area contributed by atoms with Crippen molar-refractivity contribution < 1.29 is 4.79 Å². The maximum Gasteiger partial charge on any atom is 0.320 e. The molecule has 0 aromatic carbocycles. The van der Waals surface area contributed by atoms with E-state index in [0.29, 0.717) is 12.0 Å². The predicted molar refractivity (Wildman–Crippen MR) is 69.0 cm³/mol. The van der Waals surface area contributed by atoms with Crippen LogP contribution in [0.25, 0.3) is 0 Å². The molecule has 1 unspecified atom stereocenters. The summed E-state index contributed by atoms with van der Waals surface area (Å²) in [5.74, 6) is 0.669. The lowest BCUT2D eigenvalue weighted by Crippen LogP contribution is -2.51. The topological polar surface area (TPSA) is 35.6 Å². The molecule has 2 amide bonds. The van der Waals surface area contributed by atoms with Crippen LogP contribution >= 0.6 is 0 Å². The minimum Gasteiger partial charge on any atom is -0.325 e. The number of amides is 2. The first-order chi connectivity index (χ1) is 8.20. The number of carbonyl (C=O) groups excluding carboxylic acids is 1. The maximum absolute atomic E-state index is 12.3. The fourth-order valence-electron chi connectivity index (χ4n) is 2.92. The number of hydrogen-bond acceptors (Lipinski definition) is 2. The maximum atomic E-state index is 12.3. The smallest absolute Gasteiger partial charge is 0.320 e. The Kier molecular flexibility index (Phi) is 4.26. The molecule has 98 valence electrons. The fourth-order valence-corrected chi connectivity index (χ4v) is 2.92. The third kappa shape index (κ3) is 3.12. The zero-order chi connectivity index (χ0) is 12.3. The zero-order valence-corrected chi connectivity index (χ0v) is 11.1. The van der Waals surface area contributed by atoms with E-state index >= 15 is 0 Å². The van der Waals surface area contributed by atoms with Crippen LogP contribution in [0.5, 0.6) is 0 Å². The summed E-state index contributed by atoms with van der Waals surface area (Å²) in [5.41, 5.74) is 0. The van der Waals surface area contributed by atoms with Crippen molar-refractivity contribution in [1.29, 1.82) is 0 Å². The first-order valence-corrected chi connectivity index (χ1v) is 6.92. The second kappa shape index (κ2) is 5.71. The largest absolute Gasteiger partial charge is 0.325 e. The van der Waals surface area contributed by atoms with Crippen LogP contribution in [0.3, 0.4) is 0 Å². The van der Waals surface area contributed by atoms with Gasteiger partial charge in [-0.1, -0.05) is 6.92 Å². The molecule has 0 bridgehead atoms. The summed E-state index contributed by atoms with van der Waals surface area (Å²) in [4.78, 5) is 16.4. The van der Waals surface area contributed by atoms with Gasteiger partial charge in [-0.3, -0.25) is 0 Å². The van der Waals surface area contributed by atoms with Crippen LogP contribution in [0.1, 0.15) is 32.6 Å². The average molecular weight is 239 g/mol. The Morgan fingerprint density at radius 3 is 2.41 bits per heavy atom. The zero-order valence-electron chi connectivity index (χ0n) is 11.1. The second-order valence-corrected chi connectivity index (χ2v) is 5.53. The van der Waals surface area contributed by atoms with Crippen molar-refractivity contribution in [2.45, 2.75) is 38.6 Å². The van der Waals surface area contributed by atoms with Crippen LogP contribution in [0.15, 0.2) is 0 Å². The molecule has 2 aliphatic rings. The molecule has 2 fully saturated rings. The summed E-state index contributed by atoms with van der Waals surface area (Å²) < 4.78 is 0. The molecule has 2 heterocycles. The average Bonchev–Trinajstić information content (AvgIpc) is 2.38. The van der Waals surface area contributed by atoms with Crippen molar-refractivity contribution in [3.63, 3.8) is 0 Å². The van der Waals surface area contributed by atoms with Crippen LogP contribution in [0.2, 0.25) is 0 Å². The lowest BCUT2D eigenvalue weighted by molar-refractivity contribution is 0.119. The van der Waals surface area contributed by atoms with Gasteiger partial charge in [-0.15, -0.1) is 0 Å². The predicted octanol–water partition coefficient (Wildman–Crippen LogP) is 1.52. The van der Waals surface area contributed by atoms with Gasteiger partial charge in [0.05, 0.1) is 0 Å². The monoisotopic (exact) mass is 239 g/mol. The first kappa shape index (κ1) is 12.7. The van der Waals surface area contributed by atoms with Crippen molar-refractivity contribution in [3.05, 3.63) is 0 Å². The van der Waals surface area contributed by atoms with Crippen LogP contribution in [-0.4, -0.2) is 55.1 Å². The molecule has 2 saturated heterocycles. The molecule has 2 rings (SSSR count). The standard InChI is InChI=1S/C13H25N3O/c1-11-4-3-7-16(10-11)13(17)15-8-5-12(14-2)6-9-15/h11-12,14H,3-10H2,1-2H3. The molecule has 2 aliphatic heterocycles. The van der Waals surface area contributed by atoms with Gasteiger partial charge in [-0.25, -0.2) is 4.79 Å². The van der Waals surface area contributed by atoms with E-state index in [1.165, 1.54) is 12.8 Å². The van der Waals surface area contributed by atoms with Gasteiger partial charge in [-0.2, -0.15) is 0 Å². The van der Waals surface area contributed by atoms with Gasteiger partial charge in [0.15, 0.2) is 0 Å². The number of likely N-dealkylation sites (tertiary alicyclic amines) is 2. The van der Waals surface area contributed by atoms with E-state index in [1.54, 1.807) is 0 Å². The van der Waals surface area contributed by atoms with Crippen molar-refractivity contribution in [1.82, 2.24) is 15.1 Å². The number of hydrogen-bond donors (Lipinski definition) is 1. The second-order valence-electron chi connectivity index (χ2n) is 5.53. The van der Waals surface area contributed by atoms with E-state index in [0.717, 1.165) is 39.0 Å². The van der Waals surface area contributed by atoms with Gasteiger partial charge < -0.3 is 15.1 Å². The Hall–Kier alpha value is -0.770. The van der Waals surface area contributed by atoms with Crippen LogP contribution in [0.4, 0.5) is 4.79 Å². The Bertz CT molecular complexity index is 261. The molecule has 1 N–H and O–H groups in total. The van der Waals surface area contributed by atoms with Crippen molar-refractivity contribution in [2.75, 3.05) is 33.2 Å². The van der Waals surface area contributed by atoms with E-state index in [2.05, 4.69) is 12.2 Å². The highest BCUT2D eigenvalue weighted by atomic mass is 16.2. The molecule has 4 nitrogen and oxygen atoms in total. The molecule has 1 atom stereocenters. The minimum absolute atomic E-state index is 0.270. The summed E-state index contributed by atoms with van der Waals surface area (Å²) in [6.45, 7) is 5.97. The van der Waals surface area contributed by atoms with Crippen molar-refractivity contribution in [2.24, 2.45) is 5.92 Å². The Morgan fingerprint density at radius 2 is 1.82 bits per heavy atom. The third-order valence-electron chi connectivity index (χ3n) is 4.10. The number of rotatable bonds is 1. The number of nitrogens with zero attached hydrogens (tertiary/aromatic N) is 2. The lowest BCUT2D eigenvalue weighted by atomic mass is 10.0. The number of urea groups is 1. The molecular weight excluding hydrogens is 214 g/mol. The highest BCUT2D eigenvalue weighted by molar-refractivity contribution is 5.74. The Labute approximate surface area is 104 Å². The van der Waals surface area contributed by atoms with Crippen LogP contribution in [-0.2, 0) is 0 Å². The summed E-state index contributed by atoms with van der Waals surface area (Å²) in [5, 5.41) is 3.30. The molecular formula is C13H25N3O. The van der Waals surface area contributed by atoms with E-state index < -0.39 is 0 Å². The molecule has 0 aromatic rings. The first-order valence-electron chi connectivity index (χ1n) is 6.92.